The van der Waals surface area contributed by atoms with Crippen LogP contribution in [0.15, 0.2) is 27.3 Å². The molecule has 0 spiro atoms. The van der Waals surface area contributed by atoms with Crippen molar-refractivity contribution in [2.24, 2.45) is 0 Å². The van der Waals surface area contributed by atoms with Crippen LogP contribution in [0.4, 0.5) is 0 Å². The quantitative estimate of drug-likeness (QED) is 0.624. The third-order valence-electron chi connectivity index (χ3n) is 3.39. The SMILES string of the molecule is Cc1noc(-n2nnnc2CNCCSCc2ccco2)c1C. The second kappa shape index (κ2) is 7.42. The fraction of sp³-hybridized carbons (Fsp3) is 0.429. The number of aromatic nitrogens is 5. The first kappa shape index (κ1) is 15.8. The number of rotatable bonds is 8. The summed E-state index contributed by atoms with van der Waals surface area (Å²) in [5, 5.41) is 19.0. The van der Waals surface area contributed by atoms with Gasteiger partial charge in [-0.25, -0.2) is 0 Å². The molecule has 0 unspecified atom stereocenters. The summed E-state index contributed by atoms with van der Waals surface area (Å²) in [5.74, 6) is 4.11. The number of aryl methyl sites for hydroxylation is 1. The number of nitrogens with one attached hydrogen (secondary N) is 1. The van der Waals surface area contributed by atoms with Gasteiger partial charge in [-0.2, -0.15) is 16.4 Å². The van der Waals surface area contributed by atoms with Crippen molar-refractivity contribution in [2.75, 3.05) is 12.3 Å². The van der Waals surface area contributed by atoms with Crippen LogP contribution in [0, 0.1) is 13.8 Å². The van der Waals surface area contributed by atoms with E-state index < -0.39 is 0 Å². The van der Waals surface area contributed by atoms with Gasteiger partial charge in [-0.05, 0) is 36.4 Å². The molecule has 0 aliphatic carbocycles. The predicted octanol–water partition coefficient (Wildman–Crippen LogP) is 1.88. The summed E-state index contributed by atoms with van der Waals surface area (Å²) in [7, 11) is 0. The van der Waals surface area contributed by atoms with Gasteiger partial charge in [0.05, 0.1) is 24.3 Å². The highest BCUT2D eigenvalue weighted by Gasteiger charge is 2.16. The highest BCUT2D eigenvalue weighted by molar-refractivity contribution is 7.98. The molecule has 0 radical (unpaired) electrons. The second-order valence-electron chi connectivity index (χ2n) is 5.01. The van der Waals surface area contributed by atoms with E-state index in [1.54, 1.807) is 10.9 Å². The maximum atomic E-state index is 5.29. The normalized spacial score (nSPS) is 11.2. The predicted molar refractivity (Wildman–Crippen MR) is 85.3 cm³/mol. The van der Waals surface area contributed by atoms with Gasteiger partial charge in [-0.1, -0.05) is 5.16 Å². The van der Waals surface area contributed by atoms with Crippen molar-refractivity contribution in [3.8, 4) is 5.88 Å². The molecule has 0 aliphatic heterocycles. The van der Waals surface area contributed by atoms with Gasteiger partial charge in [0.15, 0.2) is 5.82 Å². The van der Waals surface area contributed by atoms with E-state index in [1.165, 1.54) is 0 Å². The minimum atomic E-state index is 0.563. The van der Waals surface area contributed by atoms with E-state index in [9.17, 15) is 0 Å². The fourth-order valence-electron chi connectivity index (χ4n) is 1.99. The highest BCUT2D eigenvalue weighted by atomic mass is 32.2. The van der Waals surface area contributed by atoms with Crippen molar-refractivity contribution in [3.63, 3.8) is 0 Å². The maximum Gasteiger partial charge on any atom is 0.257 e. The molecule has 9 heteroatoms. The summed E-state index contributed by atoms with van der Waals surface area (Å²) in [5.41, 5.74) is 1.77. The molecule has 1 N–H and O–H groups in total. The average Bonchev–Trinajstić information content (AvgIpc) is 3.27. The molecule has 0 fully saturated rings. The summed E-state index contributed by atoms with van der Waals surface area (Å²) in [6.07, 6.45) is 1.70. The van der Waals surface area contributed by atoms with Gasteiger partial charge in [-0.3, -0.25) is 0 Å². The Morgan fingerprint density at radius 1 is 1.35 bits per heavy atom. The number of furan rings is 1. The molecule has 3 aromatic heterocycles. The zero-order valence-corrected chi connectivity index (χ0v) is 13.8. The zero-order chi connectivity index (χ0) is 16.1. The summed E-state index contributed by atoms with van der Waals surface area (Å²) < 4.78 is 12.2. The molecule has 0 aliphatic rings. The molecule has 3 heterocycles. The molecule has 0 saturated carbocycles. The maximum absolute atomic E-state index is 5.29. The van der Waals surface area contributed by atoms with Crippen molar-refractivity contribution in [3.05, 3.63) is 41.2 Å². The number of hydrogen-bond donors (Lipinski definition) is 1. The Morgan fingerprint density at radius 3 is 3.00 bits per heavy atom. The molecular formula is C14H18N6O2S. The third kappa shape index (κ3) is 3.80. The van der Waals surface area contributed by atoms with Crippen LogP contribution in [-0.2, 0) is 12.3 Å². The lowest BCUT2D eigenvalue weighted by molar-refractivity contribution is 0.388. The number of nitrogens with zero attached hydrogens (tertiary/aromatic N) is 5. The summed E-state index contributed by atoms with van der Waals surface area (Å²) in [4.78, 5) is 0. The Morgan fingerprint density at radius 2 is 2.26 bits per heavy atom. The lowest BCUT2D eigenvalue weighted by Gasteiger charge is -2.04. The van der Waals surface area contributed by atoms with E-state index in [1.807, 2.05) is 37.7 Å². The largest absolute Gasteiger partial charge is 0.468 e. The van der Waals surface area contributed by atoms with Crippen LogP contribution in [0.1, 0.15) is 22.8 Å². The van der Waals surface area contributed by atoms with Crippen molar-refractivity contribution in [2.45, 2.75) is 26.1 Å². The molecular weight excluding hydrogens is 316 g/mol. The molecule has 0 bridgehead atoms. The van der Waals surface area contributed by atoms with Gasteiger partial charge in [0.1, 0.15) is 5.76 Å². The Hall–Kier alpha value is -2.13. The summed E-state index contributed by atoms with van der Waals surface area (Å²) in [6.45, 7) is 5.24. The molecule has 23 heavy (non-hydrogen) atoms. The number of thioether (sulfide) groups is 1. The van der Waals surface area contributed by atoms with E-state index in [4.69, 9.17) is 8.94 Å². The van der Waals surface area contributed by atoms with Crippen LogP contribution >= 0.6 is 11.8 Å². The van der Waals surface area contributed by atoms with E-state index >= 15 is 0 Å². The molecule has 3 rings (SSSR count). The Bertz CT molecular complexity index is 736. The molecule has 0 amide bonds. The smallest absolute Gasteiger partial charge is 0.257 e. The number of hydrogen-bond acceptors (Lipinski definition) is 8. The first-order chi connectivity index (χ1) is 11.3. The average molecular weight is 334 g/mol. The lowest BCUT2D eigenvalue weighted by atomic mass is 10.3. The van der Waals surface area contributed by atoms with Gasteiger partial charge in [0.25, 0.3) is 5.88 Å². The van der Waals surface area contributed by atoms with Crippen LogP contribution in [0.2, 0.25) is 0 Å². The monoisotopic (exact) mass is 334 g/mol. The first-order valence-corrected chi connectivity index (χ1v) is 8.42. The molecule has 3 aromatic rings. The highest BCUT2D eigenvalue weighted by Crippen LogP contribution is 2.16. The van der Waals surface area contributed by atoms with Crippen LogP contribution in [0.3, 0.4) is 0 Å². The van der Waals surface area contributed by atoms with Crippen LogP contribution in [-0.4, -0.2) is 37.7 Å². The summed E-state index contributed by atoms with van der Waals surface area (Å²) in [6, 6.07) is 3.89. The van der Waals surface area contributed by atoms with Gasteiger partial charge in [0, 0.05) is 17.9 Å². The van der Waals surface area contributed by atoms with E-state index in [0.29, 0.717) is 18.3 Å². The Kier molecular flexibility index (Phi) is 5.09. The van der Waals surface area contributed by atoms with Crippen molar-refractivity contribution in [1.29, 1.82) is 0 Å². The fourth-order valence-corrected chi connectivity index (χ4v) is 2.79. The van der Waals surface area contributed by atoms with Gasteiger partial charge in [0.2, 0.25) is 0 Å². The Balaban J connectivity index is 1.46. The van der Waals surface area contributed by atoms with E-state index in [-0.39, 0.29) is 0 Å². The second-order valence-corrected chi connectivity index (χ2v) is 6.12. The third-order valence-corrected chi connectivity index (χ3v) is 4.37. The van der Waals surface area contributed by atoms with Crippen molar-refractivity contribution in [1.82, 2.24) is 30.7 Å². The van der Waals surface area contributed by atoms with Crippen molar-refractivity contribution >= 4 is 11.8 Å². The lowest BCUT2D eigenvalue weighted by Crippen LogP contribution is -2.19. The molecule has 0 aromatic carbocycles. The van der Waals surface area contributed by atoms with Gasteiger partial charge in [-0.15, -0.1) is 5.10 Å². The molecule has 0 atom stereocenters. The summed E-state index contributed by atoms with van der Waals surface area (Å²) >= 11 is 1.81. The zero-order valence-electron chi connectivity index (χ0n) is 13.0. The number of tetrazole rings is 1. The molecule has 8 nitrogen and oxygen atoms in total. The molecule has 122 valence electrons. The van der Waals surface area contributed by atoms with Crippen LogP contribution in [0.5, 0.6) is 0 Å². The van der Waals surface area contributed by atoms with Crippen molar-refractivity contribution < 1.29 is 8.94 Å². The minimum absolute atomic E-state index is 0.563. The first-order valence-electron chi connectivity index (χ1n) is 7.27. The minimum Gasteiger partial charge on any atom is -0.468 e. The van der Waals surface area contributed by atoms with Gasteiger partial charge >= 0.3 is 0 Å². The molecule has 0 saturated heterocycles. The van der Waals surface area contributed by atoms with Crippen LogP contribution < -0.4 is 5.32 Å². The standard InChI is InChI=1S/C14H18N6O2S/c1-10-11(2)17-22-14(10)20-13(16-18-19-20)8-15-5-7-23-9-12-4-3-6-21-12/h3-4,6,15H,5,7-9H2,1-2H3. The van der Waals surface area contributed by atoms with E-state index in [0.717, 1.165) is 35.1 Å². The van der Waals surface area contributed by atoms with E-state index in [2.05, 4.69) is 26.0 Å². The Labute approximate surface area is 137 Å². The van der Waals surface area contributed by atoms with Gasteiger partial charge < -0.3 is 14.3 Å². The topological polar surface area (TPSA) is 94.8 Å². The van der Waals surface area contributed by atoms with Crippen LogP contribution in [0.25, 0.3) is 5.88 Å².